The van der Waals surface area contributed by atoms with E-state index in [4.69, 9.17) is 16.0 Å². The number of furan rings is 1. The van der Waals surface area contributed by atoms with Crippen LogP contribution in [0.15, 0.2) is 64.4 Å². The maximum absolute atomic E-state index is 14.0. The van der Waals surface area contributed by atoms with Crippen molar-refractivity contribution in [2.75, 3.05) is 0 Å². The van der Waals surface area contributed by atoms with Crippen LogP contribution in [-0.4, -0.2) is 14.8 Å². The molecular weight excluding hydrogens is 404 g/mol. The summed E-state index contributed by atoms with van der Waals surface area (Å²) in [6.45, 7) is 1.94. The average molecular weight is 418 g/mol. The molecule has 0 aliphatic rings. The number of thioether (sulfide) groups is 1. The molecule has 8 heteroatoms. The molecule has 4 aromatic rings. The number of halogens is 3. The van der Waals surface area contributed by atoms with Crippen LogP contribution in [0.25, 0.3) is 17.3 Å². The number of rotatable bonds is 5. The second-order valence-corrected chi connectivity index (χ2v) is 7.43. The van der Waals surface area contributed by atoms with Crippen LogP contribution in [-0.2, 0) is 5.75 Å². The van der Waals surface area contributed by atoms with Crippen molar-refractivity contribution in [2.45, 2.75) is 17.8 Å². The molecule has 0 atom stereocenters. The van der Waals surface area contributed by atoms with Crippen LogP contribution in [0, 0.1) is 18.6 Å². The van der Waals surface area contributed by atoms with E-state index in [0.717, 1.165) is 17.3 Å². The monoisotopic (exact) mass is 417 g/mol. The molecule has 0 unspecified atom stereocenters. The summed E-state index contributed by atoms with van der Waals surface area (Å²) in [5.74, 6) is -0.500. The maximum atomic E-state index is 14.0. The normalized spacial score (nSPS) is 11.1. The minimum atomic E-state index is -0.874. The number of nitrogens with zero attached hydrogens (tertiary/aromatic N) is 3. The quantitative estimate of drug-likeness (QED) is 0.370. The first kappa shape index (κ1) is 18.7. The Morgan fingerprint density at radius 1 is 1.11 bits per heavy atom. The molecular formula is C20H14ClF2N3OS. The van der Waals surface area contributed by atoms with E-state index in [2.05, 4.69) is 10.2 Å². The van der Waals surface area contributed by atoms with Gasteiger partial charge < -0.3 is 4.42 Å². The summed E-state index contributed by atoms with van der Waals surface area (Å²) in [5.41, 5.74) is 1.99. The van der Waals surface area contributed by atoms with E-state index in [1.54, 1.807) is 36.6 Å². The van der Waals surface area contributed by atoms with Crippen molar-refractivity contribution in [3.05, 3.63) is 82.6 Å². The minimum absolute atomic E-state index is 0.194. The Labute approximate surface area is 169 Å². The molecule has 0 fully saturated rings. The molecule has 4 rings (SSSR count). The molecule has 142 valence electrons. The Balaban J connectivity index is 1.77. The lowest BCUT2D eigenvalue weighted by Crippen LogP contribution is -2.02. The van der Waals surface area contributed by atoms with Gasteiger partial charge in [0.2, 0.25) is 5.82 Å². The molecule has 2 aromatic carbocycles. The Kier molecular flexibility index (Phi) is 5.19. The first-order chi connectivity index (χ1) is 13.5. The van der Waals surface area contributed by atoms with Crippen LogP contribution in [0.5, 0.6) is 0 Å². The highest BCUT2D eigenvalue weighted by Crippen LogP contribution is 2.32. The van der Waals surface area contributed by atoms with Gasteiger partial charge in [-0.3, -0.25) is 4.57 Å². The lowest BCUT2D eigenvalue weighted by Gasteiger charge is -2.12. The van der Waals surface area contributed by atoms with Gasteiger partial charge in [-0.05, 0) is 42.8 Å². The van der Waals surface area contributed by atoms with Gasteiger partial charge in [0.05, 0.1) is 12.0 Å². The van der Waals surface area contributed by atoms with Crippen LogP contribution in [0.4, 0.5) is 8.78 Å². The van der Waals surface area contributed by atoms with Crippen LogP contribution in [0.1, 0.15) is 11.1 Å². The number of hydrogen-bond acceptors (Lipinski definition) is 4. The maximum Gasteiger partial charge on any atom is 0.205 e. The van der Waals surface area contributed by atoms with Crippen molar-refractivity contribution in [1.29, 1.82) is 0 Å². The zero-order valence-corrected chi connectivity index (χ0v) is 16.3. The summed E-state index contributed by atoms with van der Waals surface area (Å²) in [6, 6.07) is 13.2. The molecule has 4 nitrogen and oxygen atoms in total. The Morgan fingerprint density at radius 2 is 1.96 bits per heavy atom. The van der Waals surface area contributed by atoms with Gasteiger partial charge in [0, 0.05) is 16.3 Å². The second-order valence-electron chi connectivity index (χ2n) is 6.05. The number of benzene rings is 2. The minimum Gasteiger partial charge on any atom is -0.461 e. The largest absolute Gasteiger partial charge is 0.461 e. The van der Waals surface area contributed by atoms with Crippen molar-refractivity contribution in [2.24, 2.45) is 0 Å². The molecule has 0 saturated heterocycles. The van der Waals surface area contributed by atoms with Crippen molar-refractivity contribution < 1.29 is 13.2 Å². The van der Waals surface area contributed by atoms with E-state index in [-0.39, 0.29) is 11.3 Å². The highest BCUT2D eigenvalue weighted by Gasteiger charge is 2.20. The van der Waals surface area contributed by atoms with E-state index < -0.39 is 11.6 Å². The van der Waals surface area contributed by atoms with Crippen LogP contribution >= 0.6 is 23.4 Å². The Morgan fingerprint density at radius 3 is 2.75 bits per heavy atom. The molecule has 0 spiro atoms. The number of hydrogen-bond donors (Lipinski definition) is 0. The standard InChI is InChI=1S/C20H14ClF2N3OS/c1-12-7-8-14(21)10-16(12)26-19(17-6-3-9-27-17)24-25-20(26)28-11-13-4-2-5-15(22)18(13)23/h2-10H,11H2,1H3. The zero-order valence-electron chi connectivity index (χ0n) is 14.7. The molecule has 0 N–H and O–H groups in total. The van der Waals surface area contributed by atoms with Crippen molar-refractivity contribution >= 4 is 23.4 Å². The molecule has 0 saturated carbocycles. The third kappa shape index (κ3) is 3.55. The van der Waals surface area contributed by atoms with Crippen molar-refractivity contribution in [1.82, 2.24) is 14.8 Å². The summed E-state index contributed by atoms with van der Waals surface area (Å²) in [6.07, 6.45) is 1.55. The average Bonchev–Trinajstić information content (AvgIpc) is 3.34. The second kappa shape index (κ2) is 7.77. The van der Waals surface area contributed by atoms with Crippen LogP contribution in [0.3, 0.4) is 0 Å². The predicted octanol–water partition coefficient (Wildman–Crippen LogP) is 6.06. The molecule has 2 aromatic heterocycles. The van der Waals surface area contributed by atoms with Crippen LogP contribution in [0.2, 0.25) is 5.02 Å². The van der Waals surface area contributed by atoms with Gasteiger partial charge in [0.15, 0.2) is 22.6 Å². The SMILES string of the molecule is Cc1ccc(Cl)cc1-n1c(SCc2cccc(F)c2F)nnc1-c1ccco1. The molecule has 28 heavy (non-hydrogen) atoms. The Hall–Kier alpha value is -2.64. The predicted molar refractivity (Wildman–Crippen MR) is 105 cm³/mol. The molecule has 0 radical (unpaired) electrons. The van der Waals surface area contributed by atoms with Gasteiger partial charge in [-0.25, -0.2) is 8.78 Å². The Bertz CT molecular complexity index is 1130. The van der Waals surface area contributed by atoms with Crippen molar-refractivity contribution in [3.8, 4) is 17.3 Å². The summed E-state index contributed by atoms with van der Waals surface area (Å²) in [7, 11) is 0. The number of aromatic nitrogens is 3. The van der Waals surface area contributed by atoms with Crippen molar-refractivity contribution in [3.63, 3.8) is 0 Å². The van der Waals surface area contributed by atoms with E-state index in [0.29, 0.717) is 21.8 Å². The summed E-state index contributed by atoms with van der Waals surface area (Å²) < 4.78 is 34.8. The zero-order chi connectivity index (χ0) is 19.7. The molecule has 0 amide bonds. The van der Waals surface area contributed by atoms with Gasteiger partial charge >= 0.3 is 0 Å². The summed E-state index contributed by atoms with van der Waals surface area (Å²) in [4.78, 5) is 0. The van der Waals surface area contributed by atoms with E-state index in [9.17, 15) is 8.78 Å². The number of aryl methyl sites for hydroxylation is 1. The van der Waals surface area contributed by atoms with Gasteiger partial charge in [-0.15, -0.1) is 10.2 Å². The topological polar surface area (TPSA) is 43.9 Å². The smallest absolute Gasteiger partial charge is 0.205 e. The molecule has 0 aliphatic heterocycles. The van der Waals surface area contributed by atoms with Gasteiger partial charge in [0.25, 0.3) is 0 Å². The molecule has 0 bridgehead atoms. The van der Waals surface area contributed by atoms with E-state index >= 15 is 0 Å². The fourth-order valence-corrected chi connectivity index (χ4v) is 3.86. The van der Waals surface area contributed by atoms with Crippen LogP contribution < -0.4 is 0 Å². The summed E-state index contributed by atoms with van der Waals surface area (Å²) in [5, 5.41) is 9.56. The first-order valence-corrected chi connectivity index (χ1v) is 9.72. The molecule has 2 heterocycles. The fourth-order valence-electron chi connectivity index (χ4n) is 2.77. The highest BCUT2D eigenvalue weighted by molar-refractivity contribution is 7.98. The highest BCUT2D eigenvalue weighted by atomic mass is 35.5. The van der Waals surface area contributed by atoms with Gasteiger partial charge in [-0.2, -0.15) is 0 Å². The summed E-state index contributed by atoms with van der Waals surface area (Å²) >= 11 is 7.45. The third-order valence-electron chi connectivity index (χ3n) is 4.18. The fraction of sp³-hybridized carbons (Fsp3) is 0.100. The lowest BCUT2D eigenvalue weighted by molar-refractivity contribution is 0.502. The van der Waals surface area contributed by atoms with E-state index in [1.807, 2.05) is 17.6 Å². The van der Waals surface area contributed by atoms with Gasteiger partial charge in [-0.1, -0.05) is 41.6 Å². The molecule has 0 aliphatic carbocycles. The van der Waals surface area contributed by atoms with E-state index in [1.165, 1.54) is 17.8 Å². The lowest BCUT2D eigenvalue weighted by atomic mass is 10.2. The first-order valence-electron chi connectivity index (χ1n) is 8.36. The third-order valence-corrected chi connectivity index (χ3v) is 5.39. The van der Waals surface area contributed by atoms with Gasteiger partial charge in [0.1, 0.15) is 0 Å².